The van der Waals surface area contributed by atoms with Crippen molar-refractivity contribution in [2.45, 2.75) is 6.61 Å². The molecule has 3 aromatic rings. The fraction of sp³-hybridized carbons (Fsp3) is 0.0435. The van der Waals surface area contributed by atoms with Crippen molar-refractivity contribution in [3.05, 3.63) is 98.5 Å². The van der Waals surface area contributed by atoms with Crippen LogP contribution in [0, 0.1) is 11.3 Å². The molecule has 0 aliphatic carbocycles. The van der Waals surface area contributed by atoms with Gasteiger partial charge in [0.1, 0.15) is 24.0 Å². The van der Waals surface area contributed by atoms with Gasteiger partial charge in [0, 0.05) is 31.9 Å². The van der Waals surface area contributed by atoms with E-state index in [2.05, 4.69) is 5.32 Å². The van der Waals surface area contributed by atoms with Crippen molar-refractivity contribution in [2.24, 2.45) is 0 Å². The molecule has 4 nitrogen and oxygen atoms in total. The third-order valence-electron chi connectivity index (χ3n) is 4.07. The van der Waals surface area contributed by atoms with Gasteiger partial charge in [-0.1, -0.05) is 59.1 Å². The molecule has 7 heteroatoms. The number of amides is 1. The molecular weight excluding hydrogens is 443 g/mol. The van der Waals surface area contributed by atoms with Gasteiger partial charge in [0.2, 0.25) is 0 Å². The summed E-state index contributed by atoms with van der Waals surface area (Å²) in [5, 5.41) is 13.6. The van der Waals surface area contributed by atoms with Crippen LogP contribution in [-0.2, 0) is 11.4 Å². The molecule has 30 heavy (non-hydrogen) atoms. The van der Waals surface area contributed by atoms with E-state index < -0.39 is 5.91 Å². The number of nitriles is 1. The standard InChI is InChI=1S/C23H15Cl3N2O2/c24-18-8-9-22(30-14-15-6-7-19(25)12-21(15)26)16(11-18)10-17(13-27)23(29)28-20-4-2-1-3-5-20/h1-12H,14H2,(H,28,29)/b17-10+. The Morgan fingerprint density at radius 2 is 1.70 bits per heavy atom. The molecule has 3 rings (SSSR count). The minimum atomic E-state index is -0.532. The van der Waals surface area contributed by atoms with E-state index in [0.717, 1.165) is 5.56 Å². The first-order chi connectivity index (χ1) is 14.5. The fourth-order valence-electron chi connectivity index (χ4n) is 2.58. The number of para-hydroxylation sites is 1. The maximum atomic E-state index is 12.5. The number of anilines is 1. The van der Waals surface area contributed by atoms with Gasteiger partial charge in [-0.25, -0.2) is 0 Å². The SMILES string of the molecule is N#C/C(=C\c1cc(Cl)ccc1OCc1ccc(Cl)cc1Cl)C(=O)Nc1ccccc1. The highest BCUT2D eigenvalue weighted by Gasteiger charge is 2.12. The minimum absolute atomic E-state index is 0.0875. The van der Waals surface area contributed by atoms with Crippen LogP contribution in [0.15, 0.2) is 72.3 Å². The lowest BCUT2D eigenvalue weighted by molar-refractivity contribution is -0.112. The van der Waals surface area contributed by atoms with E-state index in [1.807, 2.05) is 12.1 Å². The summed E-state index contributed by atoms with van der Waals surface area (Å²) >= 11 is 18.2. The molecule has 150 valence electrons. The Morgan fingerprint density at radius 3 is 2.40 bits per heavy atom. The number of hydrogen-bond donors (Lipinski definition) is 1. The Balaban J connectivity index is 1.84. The quantitative estimate of drug-likeness (QED) is 0.328. The predicted molar refractivity (Wildman–Crippen MR) is 121 cm³/mol. The molecule has 1 amide bonds. The van der Waals surface area contributed by atoms with E-state index in [4.69, 9.17) is 39.5 Å². The van der Waals surface area contributed by atoms with Gasteiger partial charge in [-0.15, -0.1) is 0 Å². The fourth-order valence-corrected chi connectivity index (χ4v) is 3.23. The van der Waals surface area contributed by atoms with Crippen molar-refractivity contribution in [2.75, 3.05) is 5.32 Å². The van der Waals surface area contributed by atoms with Crippen molar-refractivity contribution in [1.82, 2.24) is 0 Å². The summed E-state index contributed by atoms with van der Waals surface area (Å²) in [6.45, 7) is 0.177. The third kappa shape index (κ3) is 5.77. The Kier molecular flexibility index (Phi) is 7.37. The van der Waals surface area contributed by atoms with E-state index in [0.29, 0.717) is 32.1 Å². The smallest absolute Gasteiger partial charge is 0.266 e. The highest BCUT2D eigenvalue weighted by molar-refractivity contribution is 6.35. The van der Waals surface area contributed by atoms with E-state index in [-0.39, 0.29) is 12.2 Å². The van der Waals surface area contributed by atoms with Crippen molar-refractivity contribution in [3.8, 4) is 11.8 Å². The second-order valence-electron chi connectivity index (χ2n) is 6.20. The minimum Gasteiger partial charge on any atom is -0.488 e. The van der Waals surface area contributed by atoms with Crippen LogP contribution in [0.4, 0.5) is 5.69 Å². The van der Waals surface area contributed by atoms with Gasteiger partial charge in [0.15, 0.2) is 0 Å². The van der Waals surface area contributed by atoms with Gasteiger partial charge in [-0.05, 0) is 48.5 Å². The Labute approximate surface area is 189 Å². The normalized spacial score (nSPS) is 10.9. The van der Waals surface area contributed by atoms with Crippen LogP contribution in [0.1, 0.15) is 11.1 Å². The predicted octanol–water partition coefficient (Wildman–Crippen LogP) is 6.77. The molecular formula is C23H15Cl3N2O2. The number of ether oxygens (including phenoxy) is 1. The van der Waals surface area contributed by atoms with Crippen molar-refractivity contribution in [3.63, 3.8) is 0 Å². The van der Waals surface area contributed by atoms with Crippen LogP contribution in [0.5, 0.6) is 5.75 Å². The summed E-state index contributed by atoms with van der Waals surface area (Å²) in [5.74, 6) is -0.0824. The molecule has 0 unspecified atom stereocenters. The molecule has 3 aromatic carbocycles. The number of nitrogens with one attached hydrogen (secondary N) is 1. The zero-order chi connectivity index (χ0) is 21.5. The number of nitrogens with zero attached hydrogens (tertiary/aromatic N) is 1. The van der Waals surface area contributed by atoms with E-state index in [9.17, 15) is 10.1 Å². The Hall–Kier alpha value is -2.97. The van der Waals surface area contributed by atoms with Gasteiger partial charge in [-0.3, -0.25) is 4.79 Å². The summed E-state index contributed by atoms with van der Waals surface area (Å²) in [4.78, 5) is 12.5. The molecule has 0 saturated heterocycles. The second kappa shape index (κ2) is 10.2. The topological polar surface area (TPSA) is 62.1 Å². The number of benzene rings is 3. The van der Waals surface area contributed by atoms with Crippen LogP contribution in [0.3, 0.4) is 0 Å². The second-order valence-corrected chi connectivity index (χ2v) is 7.48. The molecule has 0 radical (unpaired) electrons. The molecule has 0 fully saturated rings. The lowest BCUT2D eigenvalue weighted by Crippen LogP contribution is -2.13. The summed E-state index contributed by atoms with van der Waals surface area (Å²) in [6, 6.07) is 20.9. The van der Waals surface area contributed by atoms with Crippen LogP contribution >= 0.6 is 34.8 Å². The van der Waals surface area contributed by atoms with Crippen LogP contribution < -0.4 is 10.1 Å². The lowest BCUT2D eigenvalue weighted by atomic mass is 10.1. The Morgan fingerprint density at radius 1 is 1.00 bits per heavy atom. The molecule has 0 aliphatic rings. The van der Waals surface area contributed by atoms with Crippen molar-refractivity contribution in [1.29, 1.82) is 5.26 Å². The maximum Gasteiger partial charge on any atom is 0.266 e. The van der Waals surface area contributed by atoms with Gasteiger partial charge in [0.25, 0.3) is 5.91 Å². The van der Waals surface area contributed by atoms with Crippen LogP contribution in [-0.4, -0.2) is 5.91 Å². The molecule has 0 aliphatic heterocycles. The van der Waals surface area contributed by atoms with Gasteiger partial charge in [-0.2, -0.15) is 5.26 Å². The molecule has 1 N–H and O–H groups in total. The van der Waals surface area contributed by atoms with Gasteiger partial charge < -0.3 is 10.1 Å². The largest absolute Gasteiger partial charge is 0.488 e. The van der Waals surface area contributed by atoms with Crippen molar-refractivity contribution < 1.29 is 9.53 Å². The van der Waals surface area contributed by atoms with E-state index >= 15 is 0 Å². The average Bonchev–Trinajstić information content (AvgIpc) is 2.73. The monoisotopic (exact) mass is 456 g/mol. The van der Waals surface area contributed by atoms with Gasteiger partial charge >= 0.3 is 0 Å². The highest BCUT2D eigenvalue weighted by Crippen LogP contribution is 2.28. The molecule has 0 spiro atoms. The first-order valence-electron chi connectivity index (χ1n) is 8.81. The zero-order valence-electron chi connectivity index (χ0n) is 15.5. The number of hydrogen-bond acceptors (Lipinski definition) is 3. The lowest BCUT2D eigenvalue weighted by Gasteiger charge is -2.12. The molecule has 0 atom stereocenters. The number of carbonyl (C=O) groups excluding carboxylic acids is 1. The van der Waals surface area contributed by atoms with E-state index in [1.54, 1.807) is 60.7 Å². The summed E-state index contributed by atoms with van der Waals surface area (Å²) < 4.78 is 5.87. The third-order valence-corrected chi connectivity index (χ3v) is 4.89. The zero-order valence-corrected chi connectivity index (χ0v) is 17.8. The summed E-state index contributed by atoms with van der Waals surface area (Å²) in [7, 11) is 0. The molecule has 0 aromatic heterocycles. The maximum absolute atomic E-state index is 12.5. The first kappa shape index (κ1) is 21.7. The summed E-state index contributed by atoms with van der Waals surface area (Å²) in [5.41, 5.74) is 1.74. The van der Waals surface area contributed by atoms with Crippen LogP contribution in [0.2, 0.25) is 15.1 Å². The Bertz CT molecular complexity index is 1140. The molecule has 0 saturated carbocycles. The molecule has 0 heterocycles. The molecule has 0 bridgehead atoms. The van der Waals surface area contributed by atoms with Crippen LogP contribution in [0.25, 0.3) is 6.08 Å². The summed E-state index contributed by atoms with van der Waals surface area (Å²) in [6.07, 6.45) is 1.43. The highest BCUT2D eigenvalue weighted by atomic mass is 35.5. The number of halogens is 3. The average molecular weight is 458 g/mol. The number of carbonyl (C=O) groups is 1. The van der Waals surface area contributed by atoms with Gasteiger partial charge in [0.05, 0.1) is 0 Å². The van der Waals surface area contributed by atoms with E-state index in [1.165, 1.54) is 6.08 Å². The number of rotatable bonds is 6. The van der Waals surface area contributed by atoms with Crippen molar-refractivity contribution >= 4 is 52.5 Å². The first-order valence-corrected chi connectivity index (χ1v) is 9.94.